The molecule has 74 valence electrons. The molecule has 0 aromatic rings. The van der Waals surface area contributed by atoms with Crippen molar-refractivity contribution in [1.29, 1.82) is 0 Å². The molecule has 0 rings (SSSR count). The van der Waals surface area contributed by atoms with Crippen molar-refractivity contribution in [2.75, 3.05) is 0 Å². The van der Waals surface area contributed by atoms with Crippen LogP contribution in [-0.2, 0) is 25.5 Å². The van der Waals surface area contributed by atoms with Crippen molar-refractivity contribution in [3.05, 3.63) is 0 Å². The number of ketones is 2. The van der Waals surface area contributed by atoms with Crippen molar-refractivity contribution in [1.82, 2.24) is 0 Å². The molecule has 0 amide bonds. The lowest BCUT2D eigenvalue weighted by atomic mass is 10.0. The Morgan fingerprint density at radius 3 is 2.23 bits per heavy atom. The van der Waals surface area contributed by atoms with Crippen LogP contribution in [-0.4, -0.2) is 31.4 Å². The Morgan fingerprint density at radius 2 is 2.00 bits per heavy atom. The highest BCUT2D eigenvalue weighted by molar-refractivity contribution is 7.82. The van der Waals surface area contributed by atoms with E-state index in [4.69, 9.17) is 4.55 Å². The third-order valence-corrected chi connectivity index (χ3v) is 2.60. The summed E-state index contributed by atoms with van der Waals surface area (Å²) in [4.78, 5) is 32.1. The molecule has 13 heavy (non-hydrogen) atoms. The quantitative estimate of drug-likeness (QED) is 0.379. The Hall–Kier alpha value is -0.880. The van der Waals surface area contributed by atoms with Crippen LogP contribution in [0.2, 0.25) is 0 Å². The number of aldehydes is 1. The number of carbonyl (C=O) groups is 3. The van der Waals surface area contributed by atoms with Gasteiger partial charge >= 0.3 is 0 Å². The largest absolute Gasteiger partial charge is 0.305 e. The normalized spacial score (nSPS) is 17.2. The molecule has 0 saturated heterocycles. The van der Waals surface area contributed by atoms with Gasteiger partial charge < -0.3 is 9.35 Å². The smallest absolute Gasteiger partial charge is 0.182 e. The lowest BCUT2D eigenvalue weighted by Crippen LogP contribution is -2.42. The second kappa shape index (κ2) is 4.38. The average Bonchev–Trinajstić information content (AvgIpc) is 2.01. The van der Waals surface area contributed by atoms with Crippen molar-refractivity contribution < 1.29 is 23.1 Å². The van der Waals surface area contributed by atoms with E-state index < -0.39 is 33.8 Å². The summed E-state index contributed by atoms with van der Waals surface area (Å²) in [5, 5.41) is 0. The van der Waals surface area contributed by atoms with E-state index >= 15 is 0 Å². The van der Waals surface area contributed by atoms with E-state index in [1.165, 1.54) is 6.92 Å². The first kappa shape index (κ1) is 12.1. The predicted octanol–water partition coefficient (Wildman–Crippen LogP) is -0.286. The molecular weight excluding hydrogens is 196 g/mol. The third kappa shape index (κ3) is 2.82. The summed E-state index contributed by atoms with van der Waals surface area (Å²) >= 11 is -2.59. The molecule has 0 saturated carbocycles. The zero-order valence-electron chi connectivity index (χ0n) is 7.27. The monoisotopic (exact) mass is 206 g/mol. The first-order chi connectivity index (χ1) is 5.84. The molecule has 0 aliphatic rings. The van der Waals surface area contributed by atoms with E-state index in [1.807, 2.05) is 0 Å². The van der Waals surface area contributed by atoms with Crippen LogP contribution in [0, 0.1) is 0 Å². The van der Waals surface area contributed by atoms with Gasteiger partial charge in [0, 0.05) is 0 Å². The van der Waals surface area contributed by atoms with Crippen LogP contribution in [0.5, 0.6) is 0 Å². The van der Waals surface area contributed by atoms with Crippen LogP contribution in [0.4, 0.5) is 0 Å². The van der Waals surface area contributed by atoms with Gasteiger partial charge in [-0.2, -0.15) is 0 Å². The second-order valence-electron chi connectivity index (χ2n) is 2.78. The highest BCUT2D eigenvalue weighted by Crippen LogP contribution is 2.12. The van der Waals surface area contributed by atoms with Crippen molar-refractivity contribution in [2.45, 2.75) is 25.0 Å². The summed E-state index contributed by atoms with van der Waals surface area (Å²) in [5.74, 6) is -1.28. The topological polar surface area (TPSA) is 88.5 Å². The maximum absolute atomic E-state index is 11.1. The third-order valence-electron chi connectivity index (χ3n) is 1.55. The van der Waals surface area contributed by atoms with Crippen molar-refractivity contribution in [2.24, 2.45) is 0 Å². The summed E-state index contributed by atoms with van der Waals surface area (Å²) in [6.07, 6.45) is -0.407. The lowest BCUT2D eigenvalue weighted by molar-refractivity contribution is -0.128. The van der Waals surface area contributed by atoms with Gasteiger partial charge in [0.05, 0.1) is 6.42 Å². The molecular formula is C7H10O5S. The van der Waals surface area contributed by atoms with Gasteiger partial charge in [0.25, 0.3) is 0 Å². The Bertz CT molecular complexity index is 272. The zero-order valence-corrected chi connectivity index (χ0v) is 8.09. The highest BCUT2D eigenvalue weighted by Gasteiger charge is 2.39. The molecule has 0 aromatic carbocycles. The Kier molecular flexibility index (Phi) is 4.09. The fourth-order valence-corrected chi connectivity index (χ4v) is 0.955. The predicted molar refractivity (Wildman–Crippen MR) is 45.5 cm³/mol. The van der Waals surface area contributed by atoms with Crippen LogP contribution >= 0.6 is 0 Å². The van der Waals surface area contributed by atoms with Crippen LogP contribution < -0.4 is 0 Å². The molecule has 0 fully saturated rings. The van der Waals surface area contributed by atoms with E-state index in [9.17, 15) is 18.6 Å². The average molecular weight is 206 g/mol. The molecule has 0 aliphatic heterocycles. The van der Waals surface area contributed by atoms with Gasteiger partial charge in [-0.25, -0.2) is 4.21 Å². The molecule has 0 heterocycles. The van der Waals surface area contributed by atoms with Crippen LogP contribution in [0.1, 0.15) is 20.3 Å². The van der Waals surface area contributed by atoms with Crippen molar-refractivity contribution in [3.63, 3.8) is 0 Å². The molecule has 0 aliphatic carbocycles. The van der Waals surface area contributed by atoms with Gasteiger partial charge in [-0.05, 0) is 13.8 Å². The van der Waals surface area contributed by atoms with Crippen LogP contribution in [0.3, 0.4) is 0 Å². The summed E-state index contributed by atoms with van der Waals surface area (Å²) in [6.45, 7) is 2.20. The Labute approximate surface area is 77.8 Å². The van der Waals surface area contributed by atoms with Crippen molar-refractivity contribution in [3.8, 4) is 0 Å². The van der Waals surface area contributed by atoms with Gasteiger partial charge in [-0.1, -0.05) is 0 Å². The number of rotatable bonds is 5. The first-order valence-corrected chi connectivity index (χ1v) is 4.55. The number of Topliss-reactive ketones (excluding diaryl/α,β-unsaturated/α-hetero) is 2. The minimum atomic E-state index is -2.59. The molecule has 0 spiro atoms. The van der Waals surface area contributed by atoms with Gasteiger partial charge in [0.1, 0.15) is 12.1 Å². The molecule has 0 bridgehead atoms. The molecule has 0 aromatic heterocycles. The summed E-state index contributed by atoms with van der Waals surface area (Å²) in [5.41, 5.74) is 0. The van der Waals surface area contributed by atoms with Crippen LogP contribution in [0.25, 0.3) is 0 Å². The van der Waals surface area contributed by atoms with Gasteiger partial charge in [-0.15, -0.1) is 0 Å². The van der Waals surface area contributed by atoms with E-state index in [0.29, 0.717) is 0 Å². The highest BCUT2D eigenvalue weighted by atomic mass is 32.2. The lowest BCUT2D eigenvalue weighted by Gasteiger charge is -2.15. The molecule has 6 heteroatoms. The molecule has 1 N–H and O–H groups in total. The first-order valence-electron chi connectivity index (χ1n) is 3.44. The van der Waals surface area contributed by atoms with Crippen LogP contribution in [0.15, 0.2) is 0 Å². The minimum Gasteiger partial charge on any atom is -0.305 e. The maximum Gasteiger partial charge on any atom is 0.182 e. The van der Waals surface area contributed by atoms with Crippen molar-refractivity contribution >= 4 is 28.9 Å². The fraction of sp³-hybridized carbons (Fsp3) is 0.571. The van der Waals surface area contributed by atoms with E-state index in [-0.39, 0.29) is 6.29 Å². The van der Waals surface area contributed by atoms with E-state index in [2.05, 4.69) is 0 Å². The van der Waals surface area contributed by atoms with Gasteiger partial charge in [0.15, 0.2) is 21.6 Å². The standard InChI is InChI=1S/C7H10O5S/c1-5(9)3-6(10)7(2,4-8)13(11)12/h4H,3H2,1-2H3,(H,11,12). The van der Waals surface area contributed by atoms with Gasteiger partial charge in [-0.3, -0.25) is 9.59 Å². The fourth-order valence-electron chi connectivity index (χ4n) is 0.606. The summed E-state index contributed by atoms with van der Waals surface area (Å²) in [6, 6.07) is 0. The Morgan fingerprint density at radius 1 is 1.54 bits per heavy atom. The summed E-state index contributed by atoms with van der Waals surface area (Å²) in [7, 11) is 0. The number of hydrogen-bond acceptors (Lipinski definition) is 4. The van der Waals surface area contributed by atoms with E-state index in [0.717, 1.165) is 6.92 Å². The van der Waals surface area contributed by atoms with Gasteiger partial charge in [0.2, 0.25) is 0 Å². The summed E-state index contributed by atoms with van der Waals surface area (Å²) < 4.78 is 17.3. The molecule has 2 unspecified atom stereocenters. The minimum absolute atomic E-state index is 0.0917. The SMILES string of the molecule is CC(=O)CC(=O)C(C)(C=O)S(=O)O. The maximum atomic E-state index is 11.1. The molecule has 5 nitrogen and oxygen atoms in total. The Balaban J connectivity index is 4.77. The van der Waals surface area contributed by atoms with E-state index in [1.54, 1.807) is 0 Å². The second-order valence-corrected chi connectivity index (χ2v) is 4.12. The molecule has 0 radical (unpaired) electrons. The number of hydrogen-bond donors (Lipinski definition) is 1. The number of carbonyl (C=O) groups excluding carboxylic acids is 3. The zero-order chi connectivity index (χ0) is 10.6. The molecule has 2 atom stereocenters.